The van der Waals surface area contributed by atoms with Gasteiger partial charge in [-0.15, -0.1) is 10.2 Å². The van der Waals surface area contributed by atoms with Crippen molar-refractivity contribution >= 4 is 67.9 Å². The highest BCUT2D eigenvalue weighted by Gasteiger charge is 2.24. The second kappa shape index (κ2) is 14.5. The van der Waals surface area contributed by atoms with E-state index in [2.05, 4.69) is 31.5 Å². The third kappa shape index (κ3) is 8.42. The number of nitrogens with zero attached hydrogens (tertiary/aromatic N) is 5. The number of esters is 2. The molecule has 2 rings (SSSR count). The standard InChI is InChI=1S/C23H25BrN6O10/c1-13(31)25-16-11-18(28(7-5-21(32)39-3)8-6-22(33)40-4)20(38-2)12-17(16)26-27-23-15(24)9-14(29(34)35)10-19(23)30(36)37/h9-12H,5-8H2,1-4H3,(H,25,31). The van der Waals surface area contributed by atoms with Crippen molar-refractivity contribution in [1.29, 1.82) is 0 Å². The van der Waals surface area contributed by atoms with Crippen LogP contribution in [-0.4, -0.2) is 62.1 Å². The first-order chi connectivity index (χ1) is 18.9. The highest BCUT2D eigenvalue weighted by Crippen LogP contribution is 2.43. The third-order valence-electron chi connectivity index (χ3n) is 5.27. The van der Waals surface area contributed by atoms with Crippen LogP contribution in [0, 0.1) is 20.2 Å². The Balaban J connectivity index is 2.65. The summed E-state index contributed by atoms with van der Waals surface area (Å²) < 4.78 is 14.8. The lowest BCUT2D eigenvalue weighted by molar-refractivity contribution is -0.393. The first-order valence-electron chi connectivity index (χ1n) is 11.3. The monoisotopic (exact) mass is 624 g/mol. The predicted molar refractivity (Wildman–Crippen MR) is 144 cm³/mol. The minimum atomic E-state index is -0.842. The zero-order chi connectivity index (χ0) is 30.0. The van der Waals surface area contributed by atoms with Gasteiger partial charge >= 0.3 is 17.6 Å². The molecule has 0 radical (unpaired) electrons. The topological polar surface area (TPSA) is 205 Å². The number of nitrogens with one attached hydrogen (secondary N) is 1. The molecule has 214 valence electrons. The normalized spacial score (nSPS) is 10.6. The van der Waals surface area contributed by atoms with E-state index in [4.69, 9.17) is 14.2 Å². The van der Waals surface area contributed by atoms with Gasteiger partial charge in [-0.05, 0) is 22.0 Å². The maximum Gasteiger partial charge on any atom is 0.307 e. The summed E-state index contributed by atoms with van der Waals surface area (Å²) in [5.41, 5.74) is -0.983. The van der Waals surface area contributed by atoms with Crippen molar-refractivity contribution in [2.45, 2.75) is 19.8 Å². The lowest BCUT2D eigenvalue weighted by Gasteiger charge is -2.27. The van der Waals surface area contributed by atoms with E-state index in [1.165, 1.54) is 40.4 Å². The van der Waals surface area contributed by atoms with E-state index in [1.807, 2.05) is 0 Å². The molecular formula is C23H25BrN6O10. The van der Waals surface area contributed by atoms with Gasteiger partial charge in [0, 0.05) is 32.1 Å². The fraction of sp³-hybridized carbons (Fsp3) is 0.348. The van der Waals surface area contributed by atoms with Gasteiger partial charge in [0.25, 0.3) is 5.69 Å². The van der Waals surface area contributed by atoms with Crippen molar-refractivity contribution in [2.24, 2.45) is 10.2 Å². The molecule has 16 nitrogen and oxygen atoms in total. The third-order valence-corrected chi connectivity index (χ3v) is 5.87. The molecule has 1 amide bonds. The predicted octanol–water partition coefficient (Wildman–Crippen LogP) is 4.58. The van der Waals surface area contributed by atoms with Gasteiger partial charge < -0.3 is 24.4 Å². The average Bonchev–Trinajstić information content (AvgIpc) is 2.91. The molecule has 0 fully saturated rings. The van der Waals surface area contributed by atoms with Gasteiger partial charge in [-0.25, -0.2) is 0 Å². The van der Waals surface area contributed by atoms with Gasteiger partial charge in [-0.2, -0.15) is 0 Å². The Morgan fingerprint density at radius 2 is 1.55 bits per heavy atom. The quantitative estimate of drug-likeness (QED) is 0.141. The molecule has 2 aromatic rings. The number of ether oxygens (including phenoxy) is 3. The molecule has 0 saturated carbocycles. The van der Waals surface area contributed by atoms with Crippen LogP contribution in [0.4, 0.5) is 34.1 Å². The number of anilines is 2. The average molecular weight is 625 g/mol. The number of methoxy groups -OCH3 is 3. The molecule has 0 heterocycles. The van der Waals surface area contributed by atoms with Crippen molar-refractivity contribution in [3.05, 3.63) is 49.0 Å². The van der Waals surface area contributed by atoms with Gasteiger partial charge in [0.2, 0.25) is 5.91 Å². The van der Waals surface area contributed by atoms with E-state index >= 15 is 0 Å². The van der Waals surface area contributed by atoms with Crippen LogP contribution in [-0.2, 0) is 23.9 Å². The van der Waals surface area contributed by atoms with Crippen LogP contribution in [0.1, 0.15) is 19.8 Å². The number of nitro groups is 2. The number of carbonyl (C=O) groups is 3. The summed E-state index contributed by atoms with van der Waals surface area (Å²) in [5.74, 6) is -1.27. The molecule has 0 atom stereocenters. The van der Waals surface area contributed by atoms with Gasteiger partial charge in [-0.3, -0.25) is 34.6 Å². The second-order valence-corrected chi connectivity index (χ2v) is 8.73. The Morgan fingerprint density at radius 3 is 2.02 bits per heavy atom. The van der Waals surface area contributed by atoms with Crippen molar-refractivity contribution < 1.29 is 38.4 Å². The highest BCUT2D eigenvalue weighted by molar-refractivity contribution is 9.10. The number of amides is 1. The summed E-state index contributed by atoms with van der Waals surface area (Å²) >= 11 is 3.06. The number of hydrogen-bond acceptors (Lipinski definition) is 13. The summed E-state index contributed by atoms with van der Waals surface area (Å²) in [6.07, 6.45) is -0.0643. The smallest absolute Gasteiger partial charge is 0.307 e. The number of nitro benzene ring substituents is 2. The molecule has 17 heteroatoms. The first-order valence-corrected chi connectivity index (χ1v) is 12.1. The lowest BCUT2D eigenvalue weighted by Crippen LogP contribution is -2.29. The SMILES string of the molecule is COC(=O)CCN(CCC(=O)OC)c1cc(NC(C)=O)c(N=Nc2c(Br)cc([N+](=O)[O-])cc2[N+](=O)[O-])cc1OC. The van der Waals surface area contributed by atoms with Crippen LogP contribution in [0.25, 0.3) is 0 Å². The van der Waals surface area contributed by atoms with Crippen molar-refractivity contribution in [2.75, 3.05) is 44.6 Å². The van der Waals surface area contributed by atoms with Crippen LogP contribution < -0.4 is 15.0 Å². The van der Waals surface area contributed by atoms with E-state index < -0.39 is 39.1 Å². The van der Waals surface area contributed by atoms with Crippen molar-refractivity contribution in [3.8, 4) is 5.75 Å². The van der Waals surface area contributed by atoms with Crippen LogP contribution >= 0.6 is 15.9 Å². The highest BCUT2D eigenvalue weighted by atomic mass is 79.9. The van der Waals surface area contributed by atoms with Gasteiger partial charge in [0.15, 0.2) is 5.69 Å². The Hall–Kier alpha value is -4.67. The summed E-state index contributed by atoms with van der Waals surface area (Å²) in [6, 6.07) is 4.65. The number of benzene rings is 2. The Labute approximate surface area is 235 Å². The molecule has 0 aliphatic carbocycles. The van der Waals surface area contributed by atoms with Crippen molar-refractivity contribution in [1.82, 2.24) is 0 Å². The number of non-ortho nitro benzene ring substituents is 1. The van der Waals surface area contributed by atoms with Gasteiger partial charge in [-0.1, -0.05) is 0 Å². The van der Waals surface area contributed by atoms with E-state index in [9.17, 15) is 34.6 Å². The molecule has 0 unspecified atom stereocenters. The minimum absolute atomic E-state index is 0.0243. The maximum absolute atomic E-state index is 12.0. The molecule has 0 spiro atoms. The number of carbonyl (C=O) groups excluding carboxylic acids is 3. The van der Waals surface area contributed by atoms with E-state index in [0.717, 1.165) is 12.1 Å². The van der Waals surface area contributed by atoms with Crippen LogP contribution in [0.3, 0.4) is 0 Å². The number of halogens is 1. The fourth-order valence-corrected chi connectivity index (χ4v) is 3.89. The number of hydrogen-bond donors (Lipinski definition) is 1. The first kappa shape index (κ1) is 31.5. The van der Waals surface area contributed by atoms with E-state index in [1.54, 1.807) is 4.90 Å². The molecule has 40 heavy (non-hydrogen) atoms. The van der Waals surface area contributed by atoms with E-state index in [0.29, 0.717) is 5.69 Å². The summed E-state index contributed by atoms with van der Waals surface area (Å²) in [7, 11) is 3.84. The fourth-order valence-electron chi connectivity index (χ4n) is 3.37. The molecule has 1 N–H and O–H groups in total. The summed E-state index contributed by atoms with van der Waals surface area (Å²) in [5, 5.41) is 33.3. The van der Waals surface area contributed by atoms with Crippen LogP contribution in [0.5, 0.6) is 5.75 Å². The Kier molecular flexibility index (Phi) is 11.4. The summed E-state index contributed by atoms with van der Waals surface area (Å²) in [6.45, 7) is 1.47. The molecule has 0 aliphatic heterocycles. The molecule has 0 aliphatic rings. The van der Waals surface area contributed by atoms with E-state index in [-0.39, 0.29) is 53.2 Å². The number of rotatable bonds is 13. The molecule has 0 aromatic heterocycles. The summed E-state index contributed by atoms with van der Waals surface area (Å²) in [4.78, 5) is 58.3. The van der Waals surface area contributed by atoms with Gasteiger partial charge in [0.1, 0.15) is 11.4 Å². The molecule has 2 aromatic carbocycles. The Bertz CT molecular complexity index is 1330. The van der Waals surface area contributed by atoms with Crippen LogP contribution in [0.15, 0.2) is 39.0 Å². The van der Waals surface area contributed by atoms with Gasteiger partial charge in [0.05, 0.1) is 65.9 Å². The Morgan fingerprint density at radius 1 is 0.950 bits per heavy atom. The number of azo groups is 1. The maximum atomic E-state index is 12.0. The minimum Gasteiger partial charge on any atom is -0.494 e. The largest absolute Gasteiger partial charge is 0.494 e. The molecular weight excluding hydrogens is 600 g/mol. The van der Waals surface area contributed by atoms with Crippen molar-refractivity contribution in [3.63, 3.8) is 0 Å². The molecule has 0 saturated heterocycles. The zero-order valence-electron chi connectivity index (χ0n) is 21.8. The zero-order valence-corrected chi connectivity index (χ0v) is 23.4. The molecule has 0 bridgehead atoms. The van der Waals surface area contributed by atoms with Crippen LogP contribution in [0.2, 0.25) is 0 Å². The second-order valence-electron chi connectivity index (χ2n) is 7.87. The lowest BCUT2D eigenvalue weighted by atomic mass is 10.1.